The molecule has 6 nitrogen and oxygen atoms in total. The first kappa shape index (κ1) is 18.1. The van der Waals surface area contributed by atoms with E-state index in [0.29, 0.717) is 16.7 Å². The summed E-state index contributed by atoms with van der Waals surface area (Å²) < 4.78 is 28.6. The summed E-state index contributed by atoms with van der Waals surface area (Å²) in [6.45, 7) is 3.68. The van der Waals surface area contributed by atoms with E-state index in [1.165, 1.54) is 12.3 Å². The van der Waals surface area contributed by atoms with Crippen molar-refractivity contribution < 1.29 is 18.4 Å². The zero-order valence-electron chi connectivity index (χ0n) is 16.0. The van der Waals surface area contributed by atoms with Crippen molar-refractivity contribution in [1.29, 1.82) is 0 Å². The predicted molar refractivity (Wildman–Crippen MR) is 106 cm³/mol. The number of benzene rings is 2. The number of halogens is 2. The first-order chi connectivity index (χ1) is 14.4. The minimum atomic E-state index is -1.14. The molecule has 0 bridgehead atoms. The fraction of sp³-hybridized carbons (Fsp3) is 0.0909. The Balaban J connectivity index is 1.71. The highest BCUT2D eigenvalue weighted by atomic mass is 19.2. The van der Waals surface area contributed by atoms with Crippen molar-refractivity contribution in [3.05, 3.63) is 82.7 Å². The van der Waals surface area contributed by atoms with E-state index in [4.69, 9.17) is 0 Å². The molecule has 0 N–H and O–H groups in total. The van der Waals surface area contributed by atoms with Crippen LogP contribution < -0.4 is 4.90 Å². The molecule has 30 heavy (non-hydrogen) atoms. The first-order valence-corrected chi connectivity index (χ1v) is 9.16. The van der Waals surface area contributed by atoms with Crippen molar-refractivity contribution in [2.24, 2.45) is 0 Å². The SMILES string of the molecule is Cc1cccc(-n2nc(C)c3c4c(cnc32)C(=O)N(c2ccc(F)c(F)c2)C4=O)c1. The van der Waals surface area contributed by atoms with Crippen LogP contribution in [-0.4, -0.2) is 26.6 Å². The minimum Gasteiger partial charge on any atom is -0.268 e. The molecule has 0 spiro atoms. The number of hydrogen-bond donors (Lipinski definition) is 0. The molecule has 3 heterocycles. The van der Waals surface area contributed by atoms with Crippen LogP contribution in [0.1, 0.15) is 32.0 Å². The number of anilines is 1. The van der Waals surface area contributed by atoms with Crippen LogP contribution in [0.4, 0.5) is 14.5 Å². The number of imide groups is 1. The van der Waals surface area contributed by atoms with Crippen molar-refractivity contribution in [2.45, 2.75) is 13.8 Å². The topological polar surface area (TPSA) is 68.1 Å². The Hall–Kier alpha value is -3.94. The summed E-state index contributed by atoms with van der Waals surface area (Å²) in [4.78, 5) is 31.3. The minimum absolute atomic E-state index is 0.0445. The maximum Gasteiger partial charge on any atom is 0.267 e. The molecule has 0 unspecified atom stereocenters. The maximum absolute atomic E-state index is 13.7. The van der Waals surface area contributed by atoms with Crippen LogP contribution in [-0.2, 0) is 0 Å². The van der Waals surface area contributed by atoms with E-state index in [2.05, 4.69) is 10.1 Å². The van der Waals surface area contributed by atoms with Gasteiger partial charge in [0.25, 0.3) is 11.8 Å². The average molecular weight is 404 g/mol. The summed E-state index contributed by atoms with van der Waals surface area (Å²) in [6.07, 6.45) is 1.32. The molecule has 1 aliphatic heterocycles. The predicted octanol–water partition coefficient (Wildman–Crippen LogP) is 4.12. The number of carbonyl (C=O) groups is 2. The van der Waals surface area contributed by atoms with Crippen LogP contribution in [0.25, 0.3) is 16.7 Å². The number of amides is 2. The summed E-state index contributed by atoms with van der Waals surface area (Å²) in [5.74, 6) is -3.47. The second-order valence-corrected chi connectivity index (χ2v) is 7.13. The maximum atomic E-state index is 13.7. The van der Waals surface area contributed by atoms with Crippen molar-refractivity contribution >= 4 is 28.5 Å². The normalized spacial score (nSPS) is 13.4. The lowest BCUT2D eigenvalue weighted by molar-refractivity contribution is 0.0926. The lowest BCUT2D eigenvalue weighted by Crippen LogP contribution is -2.29. The molecule has 0 saturated heterocycles. The second-order valence-electron chi connectivity index (χ2n) is 7.13. The molecule has 148 valence electrons. The number of carbonyl (C=O) groups excluding carboxylic acids is 2. The van der Waals surface area contributed by atoms with E-state index in [0.717, 1.165) is 28.3 Å². The molecule has 0 aliphatic carbocycles. The molecule has 0 fully saturated rings. The zero-order chi connectivity index (χ0) is 21.2. The molecule has 2 amide bonds. The molecule has 4 aromatic rings. The Labute approximate surface area is 169 Å². The summed E-state index contributed by atoms with van der Waals surface area (Å²) in [7, 11) is 0. The van der Waals surface area contributed by atoms with Gasteiger partial charge < -0.3 is 0 Å². The molecule has 8 heteroatoms. The van der Waals surface area contributed by atoms with Crippen molar-refractivity contribution in [1.82, 2.24) is 14.8 Å². The molecule has 2 aromatic carbocycles. The monoisotopic (exact) mass is 404 g/mol. The highest BCUT2D eigenvalue weighted by Crippen LogP contribution is 2.35. The third-order valence-electron chi connectivity index (χ3n) is 5.13. The Morgan fingerprint density at radius 1 is 0.900 bits per heavy atom. The van der Waals surface area contributed by atoms with E-state index in [9.17, 15) is 18.4 Å². The van der Waals surface area contributed by atoms with Crippen LogP contribution >= 0.6 is 0 Å². The fourth-order valence-corrected chi connectivity index (χ4v) is 3.76. The van der Waals surface area contributed by atoms with Gasteiger partial charge in [0, 0.05) is 12.3 Å². The number of fused-ring (bicyclic) bond motifs is 3. The van der Waals surface area contributed by atoms with Crippen molar-refractivity contribution in [2.75, 3.05) is 4.90 Å². The molecule has 0 saturated carbocycles. The fourth-order valence-electron chi connectivity index (χ4n) is 3.76. The quantitative estimate of drug-likeness (QED) is 0.472. The van der Waals surface area contributed by atoms with Gasteiger partial charge in [-0.2, -0.15) is 5.10 Å². The largest absolute Gasteiger partial charge is 0.268 e. The summed E-state index contributed by atoms with van der Waals surface area (Å²) in [5, 5.41) is 4.98. The van der Waals surface area contributed by atoms with Crippen LogP contribution in [0.3, 0.4) is 0 Å². The molecule has 5 rings (SSSR count). The van der Waals surface area contributed by atoms with Gasteiger partial charge in [0.2, 0.25) is 0 Å². The molecular weight excluding hydrogens is 390 g/mol. The van der Waals surface area contributed by atoms with Gasteiger partial charge in [-0.25, -0.2) is 23.3 Å². The van der Waals surface area contributed by atoms with E-state index >= 15 is 0 Å². The van der Waals surface area contributed by atoms with Gasteiger partial charge in [0.05, 0.1) is 33.6 Å². The number of pyridine rings is 1. The highest BCUT2D eigenvalue weighted by Gasteiger charge is 2.40. The van der Waals surface area contributed by atoms with Crippen LogP contribution in [0.5, 0.6) is 0 Å². The Kier molecular flexibility index (Phi) is 3.79. The number of hydrogen-bond acceptors (Lipinski definition) is 4. The van der Waals surface area contributed by atoms with Gasteiger partial charge in [0.1, 0.15) is 0 Å². The van der Waals surface area contributed by atoms with Gasteiger partial charge in [-0.15, -0.1) is 0 Å². The third-order valence-corrected chi connectivity index (χ3v) is 5.13. The van der Waals surface area contributed by atoms with Gasteiger partial charge in [-0.3, -0.25) is 9.59 Å². The van der Waals surface area contributed by atoms with Gasteiger partial charge in [0.15, 0.2) is 17.3 Å². The molecule has 0 atom stereocenters. The van der Waals surface area contributed by atoms with E-state index < -0.39 is 23.4 Å². The van der Waals surface area contributed by atoms with Crippen LogP contribution in [0.2, 0.25) is 0 Å². The summed E-state index contributed by atoms with van der Waals surface area (Å²) >= 11 is 0. The number of nitrogens with zero attached hydrogens (tertiary/aromatic N) is 4. The average Bonchev–Trinajstić information content (AvgIpc) is 3.18. The van der Waals surface area contributed by atoms with Crippen molar-refractivity contribution in [3.8, 4) is 5.69 Å². The second kappa shape index (κ2) is 6.28. The van der Waals surface area contributed by atoms with Gasteiger partial charge >= 0.3 is 0 Å². The van der Waals surface area contributed by atoms with Gasteiger partial charge in [-0.1, -0.05) is 12.1 Å². The Bertz CT molecular complexity index is 1390. The van der Waals surface area contributed by atoms with E-state index in [-0.39, 0.29) is 16.8 Å². The third kappa shape index (κ3) is 2.46. The molecule has 2 aromatic heterocycles. The number of rotatable bonds is 2. The molecule has 0 radical (unpaired) electrons. The lowest BCUT2D eigenvalue weighted by Gasteiger charge is -2.13. The van der Waals surface area contributed by atoms with Crippen LogP contribution in [0.15, 0.2) is 48.7 Å². The molecular formula is C22H14F2N4O2. The smallest absolute Gasteiger partial charge is 0.267 e. The first-order valence-electron chi connectivity index (χ1n) is 9.16. The van der Waals surface area contributed by atoms with Gasteiger partial charge in [-0.05, 0) is 43.7 Å². The van der Waals surface area contributed by atoms with E-state index in [1.54, 1.807) is 11.6 Å². The zero-order valence-corrected chi connectivity index (χ0v) is 16.0. The summed E-state index contributed by atoms with van der Waals surface area (Å²) in [6, 6.07) is 10.5. The highest BCUT2D eigenvalue weighted by molar-refractivity contribution is 6.37. The Morgan fingerprint density at radius 2 is 1.70 bits per heavy atom. The van der Waals surface area contributed by atoms with E-state index in [1.807, 2.05) is 31.2 Å². The Morgan fingerprint density at radius 3 is 2.43 bits per heavy atom. The lowest BCUT2D eigenvalue weighted by atomic mass is 10.1. The standard InChI is InChI=1S/C22H14F2N4O2/c1-11-4-3-5-14(8-11)28-20-18(12(2)26-28)19-15(10-25-20)21(29)27(22(19)30)13-6-7-16(23)17(24)9-13/h3-10H,1-2H3. The number of aromatic nitrogens is 3. The summed E-state index contributed by atoms with van der Waals surface area (Å²) in [5.41, 5.74) is 2.99. The number of aryl methyl sites for hydroxylation is 2. The van der Waals surface area contributed by atoms with Crippen molar-refractivity contribution in [3.63, 3.8) is 0 Å². The van der Waals surface area contributed by atoms with Crippen LogP contribution in [0, 0.1) is 25.5 Å². The molecule has 1 aliphatic rings.